The number of hydrogen-bond donors (Lipinski definition) is 0. The minimum absolute atomic E-state index is 0.144. The first-order chi connectivity index (χ1) is 15.7. The van der Waals surface area contributed by atoms with Gasteiger partial charge in [-0.15, -0.1) is 0 Å². The summed E-state index contributed by atoms with van der Waals surface area (Å²) in [6, 6.07) is 28.3. The second-order valence-electron chi connectivity index (χ2n) is 9.12. The van der Waals surface area contributed by atoms with E-state index in [0.717, 1.165) is 5.52 Å². The van der Waals surface area contributed by atoms with Gasteiger partial charge in [0.15, 0.2) is 0 Å². The highest BCUT2D eigenvalue weighted by molar-refractivity contribution is 6.14. The van der Waals surface area contributed by atoms with Gasteiger partial charge >= 0.3 is 0 Å². The van der Waals surface area contributed by atoms with Crippen molar-refractivity contribution in [3.8, 4) is 17.1 Å². The van der Waals surface area contributed by atoms with E-state index in [1.807, 2.05) is 18.5 Å². The summed E-state index contributed by atoms with van der Waals surface area (Å²) in [5, 5.41) is 5.07. The molecule has 0 saturated carbocycles. The fourth-order valence-corrected chi connectivity index (χ4v) is 5.73. The van der Waals surface area contributed by atoms with Gasteiger partial charge < -0.3 is 0 Å². The molecule has 0 bridgehead atoms. The Morgan fingerprint density at radius 3 is 2.28 bits per heavy atom. The normalized spacial score (nSPS) is 14.2. The quantitative estimate of drug-likeness (QED) is 0.291. The summed E-state index contributed by atoms with van der Waals surface area (Å²) in [6.07, 6.45) is 3.64. The first kappa shape index (κ1) is 17.7. The van der Waals surface area contributed by atoms with Crippen molar-refractivity contribution in [2.45, 2.75) is 19.3 Å². The number of hydrogen-bond acceptors (Lipinski definition) is 2. The lowest BCUT2D eigenvalue weighted by molar-refractivity contribution is 0.664. The van der Waals surface area contributed by atoms with Crippen LogP contribution < -0.4 is 0 Å². The molecule has 0 spiro atoms. The van der Waals surface area contributed by atoms with Crippen LogP contribution in [0.5, 0.6) is 0 Å². The Kier molecular flexibility index (Phi) is 3.34. The molecule has 0 N–H and O–H groups in total. The van der Waals surface area contributed by atoms with Crippen molar-refractivity contribution >= 4 is 32.6 Å². The summed E-state index contributed by atoms with van der Waals surface area (Å²) in [4.78, 5) is 9.29. The minimum Gasteiger partial charge on any atom is -0.278 e. The van der Waals surface area contributed by atoms with Crippen LogP contribution >= 0.6 is 0 Å². The van der Waals surface area contributed by atoms with Gasteiger partial charge in [0, 0.05) is 28.6 Å². The third-order valence-electron chi connectivity index (χ3n) is 7.09. The Labute approximate surface area is 186 Å². The average Bonchev–Trinajstić information content (AvgIpc) is 3.29. The van der Waals surface area contributed by atoms with Gasteiger partial charge in [-0.3, -0.25) is 4.57 Å². The van der Waals surface area contributed by atoms with Gasteiger partial charge in [-0.25, -0.2) is 9.97 Å². The molecular formula is C29H21N3. The van der Waals surface area contributed by atoms with E-state index in [1.54, 1.807) is 0 Å². The molecule has 0 saturated heterocycles. The summed E-state index contributed by atoms with van der Waals surface area (Å²) in [5.41, 5.74) is 7.60. The molecule has 0 unspecified atom stereocenters. The monoisotopic (exact) mass is 411 g/mol. The van der Waals surface area contributed by atoms with E-state index < -0.39 is 0 Å². The van der Waals surface area contributed by atoms with Gasteiger partial charge in [0.25, 0.3) is 0 Å². The molecule has 1 aliphatic carbocycles. The van der Waals surface area contributed by atoms with Gasteiger partial charge in [-0.1, -0.05) is 80.6 Å². The Bertz CT molecular complexity index is 1690. The van der Waals surface area contributed by atoms with Crippen LogP contribution in [-0.2, 0) is 5.41 Å². The van der Waals surface area contributed by atoms with Gasteiger partial charge in [0.2, 0.25) is 5.95 Å². The topological polar surface area (TPSA) is 30.7 Å². The zero-order valence-electron chi connectivity index (χ0n) is 18.0. The van der Waals surface area contributed by atoms with Crippen LogP contribution in [0.25, 0.3) is 49.7 Å². The standard InChI is InChI=1S/C29H21N3/c1-29(2)23-15-12-18-8-3-4-9-19(18)25(23)22-14-13-21-20-10-5-6-11-24(20)32(27(21)26(22)29)28-30-16-7-17-31-28/h3-17H,1-2H3. The third-order valence-corrected chi connectivity index (χ3v) is 7.09. The Balaban J connectivity index is 1.72. The number of benzene rings is 4. The van der Waals surface area contributed by atoms with Gasteiger partial charge in [0.1, 0.15) is 0 Å². The average molecular weight is 412 g/mol. The molecular weight excluding hydrogens is 390 g/mol. The van der Waals surface area contributed by atoms with E-state index in [4.69, 9.17) is 0 Å². The largest absolute Gasteiger partial charge is 0.278 e. The number of aromatic nitrogens is 3. The zero-order valence-corrected chi connectivity index (χ0v) is 18.0. The summed E-state index contributed by atoms with van der Waals surface area (Å²) < 4.78 is 2.25. The van der Waals surface area contributed by atoms with E-state index in [2.05, 4.69) is 101 Å². The molecule has 2 aromatic heterocycles. The minimum atomic E-state index is -0.144. The van der Waals surface area contributed by atoms with E-state index in [-0.39, 0.29) is 5.41 Å². The highest BCUT2D eigenvalue weighted by Crippen LogP contribution is 2.54. The molecule has 6 aromatic rings. The van der Waals surface area contributed by atoms with Crippen molar-refractivity contribution in [2.75, 3.05) is 0 Å². The lowest BCUT2D eigenvalue weighted by Crippen LogP contribution is -2.17. The second-order valence-corrected chi connectivity index (χ2v) is 9.12. The van der Waals surface area contributed by atoms with Crippen molar-refractivity contribution in [1.29, 1.82) is 0 Å². The van der Waals surface area contributed by atoms with Crippen LogP contribution in [0.1, 0.15) is 25.0 Å². The molecule has 7 rings (SSSR count). The summed E-state index contributed by atoms with van der Waals surface area (Å²) in [7, 11) is 0. The van der Waals surface area contributed by atoms with Crippen LogP contribution in [0.4, 0.5) is 0 Å². The van der Waals surface area contributed by atoms with E-state index in [0.29, 0.717) is 5.95 Å². The molecule has 0 aliphatic heterocycles. The predicted octanol–water partition coefficient (Wildman–Crippen LogP) is 7.03. The van der Waals surface area contributed by atoms with Crippen LogP contribution in [0.15, 0.2) is 91.3 Å². The predicted molar refractivity (Wildman–Crippen MR) is 131 cm³/mol. The zero-order chi connectivity index (χ0) is 21.4. The first-order valence-corrected chi connectivity index (χ1v) is 11.0. The Morgan fingerprint density at radius 1 is 0.688 bits per heavy atom. The van der Waals surface area contributed by atoms with E-state index >= 15 is 0 Å². The molecule has 32 heavy (non-hydrogen) atoms. The number of rotatable bonds is 1. The fourth-order valence-electron chi connectivity index (χ4n) is 5.73. The van der Waals surface area contributed by atoms with Crippen molar-refractivity contribution in [3.63, 3.8) is 0 Å². The lowest BCUT2D eigenvalue weighted by atomic mass is 9.81. The molecule has 3 nitrogen and oxygen atoms in total. The van der Waals surface area contributed by atoms with Crippen LogP contribution in [-0.4, -0.2) is 14.5 Å². The SMILES string of the molecule is CC1(C)c2ccc3ccccc3c2-c2ccc3c4ccccc4n(-c4ncccn4)c3c21. The Hall–Kier alpha value is -3.98. The van der Waals surface area contributed by atoms with Crippen molar-refractivity contribution in [3.05, 3.63) is 102 Å². The van der Waals surface area contributed by atoms with Crippen molar-refractivity contribution in [1.82, 2.24) is 14.5 Å². The van der Waals surface area contributed by atoms with Crippen molar-refractivity contribution < 1.29 is 0 Å². The molecule has 0 amide bonds. The molecule has 4 aromatic carbocycles. The van der Waals surface area contributed by atoms with Gasteiger partial charge in [0.05, 0.1) is 11.0 Å². The highest BCUT2D eigenvalue weighted by Gasteiger charge is 2.39. The van der Waals surface area contributed by atoms with Crippen LogP contribution in [0.3, 0.4) is 0 Å². The Morgan fingerprint density at radius 2 is 1.44 bits per heavy atom. The molecule has 152 valence electrons. The fraction of sp³-hybridized carbons (Fsp3) is 0.103. The molecule has 0 fully saturated rings. The van der Waals surface area contributed by atoms with Crippen LogP contribution in [0.2, 0.25) is 0 Å². The van der Waals surface area contributed by atoms with Crippen LogP contribution in [0, 0.1) is 0 Å². The second kappa shape index (κ2) is 6.04. The van der Waals surface area contributed by atoms with E-state index in [9.17, 15) is 0 Å². The number of para-hydroxylation sites is 1. The molecule has 2 heterocycles. The summed E-state index contributed by atoms with van der Waals surface area (Å²) >= 11 is 0. The highest BCUT2D eigenvalue weighted by atomic mass is 15.1. The maximum Gasteiger partial charge on any atom is 0.234 e. The summed E-state index contributed by atoms with van der Waals surface area (Å²) in [5.74, 6) is 0.712. The summed E-state index contributed by atoms with van der Waals surface area (Å²) in [6.45, 7) is 4.69. The lowest BCUT2D eigenvalue weighted by Gasteiger charge is -2.23. The number of fused-ring (bicyclic) bond motifs is 9. The van der Waals surface area contributed by atoms with E-state index in [1.165, 1.54) is 49.3 Å². The third kappa shape index (κ3) is 2.10. The molecule has 3 heteroatoms. The molecule has 0 radical (unpaired) electrons. The smallest absolute Gasteiger partial charge is 0.234 e. The van der Waals surface area contributed by atoms with Crippen molar-refractivity contribution in [2.24, 2.45) is 0 Å². The maximum absolute atomic E-state index is 4.65. The van der Waals surface area contributed by atoms with Gasteiger partial charge in [-0.05, 0) is 45.2 Å². The first-order valence-electron chi connectivity index (χ1n) is 11.0. The number of nitrogens with zero attached hydrogens (tertiary/aromatic N) is 3. The maximum atomic E-state index is 4.65. The van der Waals surface area contributed by atoms with Gasteiger partial charge in [-0.2, -0.15) is 0 Å². The molecule has 1 aliphatic rings. The molecule has 0 atom stereocenters.